The molecule has 2 rings (SSSR count). The molecule has 7 nitrogen and oxygen atoms in total. The first kappa shape index (κ1) is 27.5. The van der Waals surface area contributed by atoms with Crippen molar-refractivity contribution in [3.8, 4) is 5.75 Å². The molecule has 8 heteroatoms. The van der Waals surface area contributed by atoms with Crippen LogP contribution in [-0.2, 0) is 4.79 Å². The van der Waals surface area contributed by atoms with Gasteiger partial charge in [0.1, 0.15) is 5.75 Å². The Labute approximate surface area is 205 Å². The molecule has 0 aliphatic carbocycles. The summed E-state index contributed by atoms with van der Waals surface area (Å²) in [4.78, 5) is 21.2. The van der Waals surface area contributed by atoms with Crippen molar-refractivity contribution >= 4 is 41.5 Å². The lowest BCUT2D eigenvalue weighted by Gasteiger charge is -2.29. The number of amides is 1. The number of nitrogens with zero attached hydrogens (tertiary/aromatic N) is 3. The molecule has 0 saturated carbocycles. The van der Waals surface area contributed by atoms with Crippen molar-refractivity contribution in [1.29, 1.82) is 0 Å². The van der Waals surface area contributed by atoms with Crippen LogP contribution in [0.3, 0.4) is 0 Å². The lowest BCUT2D eigenvalue weighted by molar-refractivity contribution is -0.121. The zero-order chi connectivity index (χ0) is 21.8. The van der Waals surface area contributed by atoms with Gasteiger partial charge in [-0.3, -0.25) is 9.79 Å². The molecule has 2 N–H and O–H groups in total. The number of nitrogens with one attached hydrogen (secondary N) is 2. The minimum absolute atomic E-state index is 0. The summed E-state index contributed by atoms with van der Waals surface area (Å²) in [7, 11) is 0. The number of rotatable bonds is 12. The van der Waals surface area contributed by atoms with E-state index >= 15 is 0 Å². The number of benzene rings is 1. The molecular formula is C23H40IN5O2. The average Bonchev–Trinajstić information content (AvgIpc) is 2.75. The summed E-state index contributed by atoms with van der Waals surface area (Å²) in [6, 6.07) is 8.06. The van der Waals surface area contributed by atoms with Crippen LogP contribution in [-0.4, -0.2) is 68.7 Å². The second-order valence-corrected chi connectivity index (χ2v) is 7.63. The number of carbonyl (C=O) groups is 1. The normalized spacial score (nSPS) is 14.5. The van der Waals surface area contributed by atoms with Gasteiger partial charge in [0.05, 0.1) is 5.69 Å². The molecule has 1 aliphatic heterocycles. The molecule has 176 valence electrons. The molecule has 0 radical (unpaired) electrons. The van der Waals surface area contributed by atoms with E-state index in [4.69, 9.17) is 9.73 Å². The predicted octanol–water partition coefficient (Wildman–Crippen LogP) is 3.49. The summed E-state index contributed by atoms with van der Waals surface area (Å²) >= 11 is 0. The van der Waals surface area contributed by atoms with E-state index < -0.39 is 0 Å². The van der Waals surface area contributed by atoms with Crippen LogP contribution in [0.4, 0.5) is 5.69 Å². The number of aliphatic imine (C=N–C) groups is 1. The van der Waals surface area contributed by atoms with Gasteiger partial charge in [0.15, 0.2) is 12.6 Å². The molecule has 0 fully saturated rings. The molecule has 0 spiro atoms. The van der Waals surface area contributed by atoms with Gasteiger partial charge >= 0.3 is 0 Å². The quantitative estimate of drug-likeness (QED) is 0.182. The monoisotopic (exact) mass is 545 g/mol. The van der Waals surface area contributed by atoms with E-state index in [1.54, 1.807) is 0 Å². The van der Waals surface area contributed by atoms with Crippen molar-refractivity contribution in [2.75, 3.05) is 50.8 Å². The van der Waals surface area contributed by atoms with Crippen LogP contribution in [0.15, 0.2) is 29.3 Å². The lowest BCUT2D eigenvalue weighted by atomic mass is 10.2. The number of para-hydroxylation sites is 2. The fraction of sp³-hybridized carbons (Fsp3) is 0.652. The molecule has 1 aliphatic rings. The number of anilines is 1. The summed E-state index contributed by atoms with van der Waals surface area (Å²) in [5, 5.41) is 6.84. The van der Waals surface area contributed by atoms with E-state index in [1.807, 2.05) is 29.2 Å². The fourth-order valence-electron chi connectivity index (χ4n) is 3.61. The summed E-state index contributed by atoms with van der Waals surface area (Å²) in [5.41, 5.74) is 0.851. The third kappa shape index (κ3) is 9.22. The van der Waals surface area contributed by atoms with E-state index in [1.165, 1.54) is 6.42 Å². The van der Waals surface area contributed by atoms with Crippen LogP contribution >= 0.6 is 24.0 Å². The second-order valence-electron chi connectivity index (χ2n) is 7.63. The van der Waals surface area contributed by atoms with Crippen molar-refractivity contribution in [2.45, 2.75) is 53.0 Å². The first-order valence-electron chi connectivity index (χ1n) is 11.4. The van der Waals surface area contributed by atoms with Gasteiger partial charge in [-0.25, -0.2) is 0 Å². The Hall–Kier alpha value is -1.55. The van der Waals surface area contributed by atoms with Crippen molar-refractivity contribution in [3.05, 3.63) is 24.3 Å². The Morgan fingerprint density at radius 1 is 1.23 bits per heavy atom. The topological polar surface area (TPSA) is 69.2 Å². The highest BCUT2D eigenvalue weighted by Gasteiger charge is 2.24. The zero-order valence-electron chi connectivity index (χ0n) is 19.5. The fourth-order valence-corrected chi connectivity index (χ4v) is 3.61. The van der Waals surface area contributed by atoms with Crippen LogP contribution in [0.25, 0.3) is 0 Å². The molecule has 1 heterocycles. The van der Waals surface area contributed by atoms with Gasteiger partial charge in [-0.15, -0.1) is 24.0 Å². The Morgan fingerprint density at radius 3 is 2.68 bits per heavy atom. The maximum atomic E-state index is 12.3. The van der Waals surface area contributed by atoms with Gasteiger partial charge in [-0.05, 0) is 64.9 Å². The summed E-state index contributed by atoms with van der Waals surface area (Å²) in [6.07, 6.45) is 3.08. The SMILES string of the molecule is CCNC(=NCCCN1C(=O)COc2ccccc21)NC(C)CCCN(CC)CC.I. The van der Waals surface area contributed by atoms with Gasteiger partial charge in [0, 0.05) is 25.7 Å². The maximum Gasteiger partial charge on any atom is 0.265 e. The number of carbonyl (C=O) groups excluding carboxylic acids is 1. The molecule has 0 aromatic heterocycles. The smallest absolute Gasteiger partial charge is 0.265 e. The van der Waals surface area contributed by atoms with Crippen molar-refractivity contribution in [2.24, 2.45) is 4.99 Å². The Bertz CT molecular complexity index is 682. The number of ether oxygens (including phenoxy) is 1. The molecule has 0 saturated heterocycles. The van der Waals surface area contributed by atoms with Crippen LogP contribution in [0, 0.1) is 0 Å². The van der Waals surface area contributed by atoms with Gasteiger partial charge in [0.2, 0.25) is 0 Å². The molecule has 31 heavy (non-hydrogen) atoms. The van der Waals surface area contributed by atoms with Crippen LogP contribution < -0.4 is 20.3 Å². The Balaban J connectivity index is 0.00000480. The molecule has 0 bridgehead atoms. The molecular weight excluding hydrogens is 505 g/mol. The Kier molecular flexibility index (Phi) is 13.6. The van der Waals surface area contributed by atoms with Crippen LogP contribution in [0.5, 0.6) is 5.75 Å². The van der Waals surface area contributed by atoms with E-state index in [0.717, 1.165) is 56.4 Å². The summed E-state index contributed by atoms with van der Waals surface area (Å²) in [6.45, 7) is 14.3. The zero-order valence-corrected chi connectivity index (χ0v) is 21.9. The first-order valence-corrected chi connectivity index (χ1v) is 11.4. The maximum absolute atomic E-state index is 12.3. The molecule has 1 aromatic rings. The van der Waals surface area contributed by atoms with E-state index in [2.05, 4.69) is 43.2 Å². The standard InChI is InChI=1S/C23H39N5O2.HI/c1-5-24-23(26-19(4)12-10-16-27(6-2)7-3)25-15-11-17-28-20-13-8-9-14-21(20)30-18-22(28)29;/h8-9,13-14,19H,5-7,10-12,15-18H2,1-4H3,(H2,24,25,26);1H. The first-order chi connectivity index (χ1) is 14.6. The van der Waals surface area contributed by atoms with Gasteiger partial charge in [-0.1, -0.05) is 26.0 Å². The van der Waals surface area contributed by atoms with Gasteiger partial charge in [-0.2, -0.15) is 0 Å². The number of guanidine groups is 1. The summed E-state index contributed by atoms with van der Waals surface area (Å²) < 4.78 is 5.51. The average molecular weight is 546 g/mol. The number of halogens is 1. The second kappa shape index (κ2) is 15.3. The van der Waals surface area contributed by atoms with E-state index in [-0.39, 0.29) is 36.5 Å². The minimum atomic E-state index is 0. The third-order valence-electron chi connectivity index (χ3n) is 5.35. The van der Waals surface area contributed by atoms with E-state index in [9.17, 15) is 4.79 Å². The summed E-state index contributed by atoms with van der Waals surface area (Å²) in [5.74, 6) is 1.63. The van der Waals surface area contributed by atoms with Crippen LogP contribution in [0.1, 0.15) is 47.0 Å². The van der Waals surface area contributed by atoms with Gasteiger partial charge in [0.25, 0.3) is 5.91 Å². The highest BCUT2D eigenvalue weighted by molar-refractivity contribution is 14.0. The van der Waals surface area contributed by atoms with E-state index in [0.29, 0.717) is 19.1 Å². The minimum Gasteiger partial charge on any atom is -0.482 e. The molecule has 1 unspecified atom stereocenters. The van der Waals surface area contributed by atoms with Crippen molar-refractivity contribution < 1.29 is 9.53 Å². The lowest BCUT2D eigenvalue weighted by Crippen LogP contribution is -2.43. The highest BCUT2D eigenvalue weighted by atomic mass is 127. The molecule has 1 amide bonds. The van der Waals surface area contributed by atoms with Crippen LogP contribution in [0.2, 0.25) is 0 Å². The van der Waals surface area contributed by atoms with Crippen molar-refractivity contribution in [1.82, 2.24) is 15.5 Å². The largest absolute Gasteiger partial charge is 0.482 e. The van der Waals surface area contributed by atoms with Gasteiger partial charge < -0.3 is 25.2 Å². The number of hydrogen-bond donors (Lipinski definition) is 2. The molecule has 1 atom stereocenters. The number of fused-ring (bicyclic) bond motifs is 1. The predicted molar refractivity (Wildman–Crippen MR) is 140 cm³/mol. The number of hydrogen-bond acceptors (Lipinski definition) is 4. The third-order valence-corrected chi connectivity index (χ3v) is 5.35. The Morgan fingerprint density at radius 2 is 1.97 bits per heavy atom. The van der Waals surface area contributed by atoms with Crippen molar-refractivity contribution in [3.63, 3.8) is 0 Å². The highest BCUT2D eigenvalue weighted by Crippen LogP contribution is 2.31. The molecule has 1 aromatic carbocycles.